The molecule has 37 heteroatoms. The maximum absolute atomic E-state index is 11.3. The quantitative estimate of drug-likeness (QED) is 0.0398. The van der Waals surface area contributed by atoms with E-state index in [4.69, 9.17) is 40.6 Å². The SMILES string of the molecule is CC(=O)NCC(C)(C)C.CC(C)(C)/C=C/C#N.CC(C)(C)C(=O)NCC(=O)O.CC(C)(C)C(=O)NCCC#N.CC(C)(C)C(=O)NCCS(C)(=O)=O.CC(C)(C)C(C)(C)O.CC(C)(C)CC#N.CC(C)(C)CCO.CC(C)(C)CNC(=O)OC(C)(C)C.CC(C)(C)CNS(C)(=O)=O.CC(C)(O)CNC(=O)C(C)(C)C.CC(O)CNC(=O)C(C)(C)C.COC(=O)NCC(C)(C)C.COCCNC(=O)C(C)(C)C. The third kappa shape index (κ3) is 169. The van der Waals surface area contributed by atoms with Gasteiger partial charge < -0.3 is 87.6 Å². The van der Waals surface area contributed by atoms with Gasteiger partial charge in [0.25, 0.3) is 0 Å². The molecule has 0 aliphatic carbocycles. The number of allylic oxidation sites excluding steroid dienone is 2. The number of ether oxygens (including phenoxy) is 3. The van der Waals surface area contributed by atoms with E-state index < -0.39 is 59.6 Å². The van der Waals surface area contributed by atoms with Crippen molar-refractivity contribution in [1.29, 1.82) is 15.8 Å². The monoisotopic (exact) mass is 2060 g/mol. The van der Waals surface area contributed by atoms with Gasteiger partial charge in [-0.25, -0.2) is 31.1 Å². The number of nitriles is 3. The Morgan fingerprint density at radius 1 is 0.411 bits per heavy atom. The normalized spacial score (nSPS) is 12.1. The van der Waals surface area contributed by atoms with E-state index in [2.05, 4.69) is 167 Å². The molecule has 35 nitrogen and oxygen atoms in total. The van der Waals surface area contributed by atoms with Crippen molar-refractivity contribution in [2.75, 3.05) is 111 Å². The second kappa shape index (κ2) is 75.8. The number of alkyl carbamates (subject to hydrolysis) is 2. The molecule has 0 aliphatic heterocycles. The van der Waals surface area contributed by atoms with Crippen LogP contribution in [0.15, 0.2) is 12.2 Å². The van der Waals surface area contributed by atoms with Crippen molar-refractivity contribution in [3.8, 4) is 18.2 Å². The number of carboxylic acids is 1. The smallest absolute Gasteiger partial charge is 0.407 e. The van der Waals surface area contributed by atoms with Crippen molar-refractivity contribution in [3.05, 3.63) is 12.2 Å². The molecule has 0 aliphatic rings. The largest absolute Gasteiger partial charge is 0.480 e. The fourth-order valence-electron chi connectivity index (χ4n) is 5.79. The number of methoxy groups -OCH3 is 2. The second-order valence-corrected chi connectivity index (χ2v) is 55.5. The molecular formula is C104H215N13O22S2. The molecule has 1 unspecified atom stereocenters. The highest BCUT2D eigenvalue weighted by molar-refractivity contribution is 7.90. The Kier molecular flexibility index (Phi) is 88.1. The standard InChI is InChI=1S/C10H21NO2.C9H19NO2.C8H14N2O.C8H17NO3S.2C8H17NO2.C7H13NO3.C7H15NO2.C7H15NO.C7H11N.C7H16O.C6H15NO2S.C6H11N.C6H14O/c1-9(2,3)7-11-8(12)13-10(4,5)6;1-8(2,3)7(11)10-6-9(4,5)12;1-8(2,3)7(11)10-6-4-5-9;1-8(2,3)7(10)9-5-6-13(4,11)12;1-8(2,3)7(10)9-5-6-11-4;1-6(10)5-9-7(11)8(2,3)4;1-7(2,3)6(11)8-4-5(9)10;1-7(2,3)5-8-6(9)10-4;1-6(9)8-5-7(2,3)4;1-7(2,3)5-4-6-8;1-6(2,3)7(4,5)8;1-6(2,3)5-7-10(4,8)9;2*1-6(2,3)4-5-7/h7H2,1-6H3,(H,11,12);12H,6H2,1-5H3,(H,10,11);4,6H2,1-3H3,(H,10,11);5-6H2,1-4H3,(H,9,10);5-6H2,1-4H3,(H,9,10);6,10H,5H2,1-4H3,(H,9,11);4H2,1-3H3,(H,8,11)(H,9,10);5H2,1-4H3,(H,8,9);5H2,1-4H3,(H,8,9);4-5H,1-3H3;8H,1-5H3;7H,5H2,1-4H3;4H2,1-3H3;7H,4-5H2,1-3H3/b;;;;;;;;;5-4+;;;;. The first-order valence-corrected chi connectivity index (χ1v) is 51.6. The summed E-state index contributed by atoms with van der Waals surface area (Å²) in [5, 5.41) is 92.2. The Bertz CT molecular complexity index is 3790. The second-order valence-electron chi connectivity index (χ2n) is 51.4. The highest BCUT2D eigenvalue weighted by Gasteiger charge is 2.31. The van der Waals surface area contributed by atoms with Gasteiger partial charge in [0.1, 0.15) is 22.0 Å². The number of hydrogen-bond acceptors (Lipinski definition) is 24. The first-order chi connectivity index (χ1) is 61.5. The van der Waals surface area contributed by atoms with Crippen LogP contribution in [-0.4, -0.2) is 236 Å². The van der Waals surface area contributed by atoms with Gasteiger partial charge in [-0.05, 0) is 105 Å². The third-order valence-corrected chi connectivity index (χ3v) is 17.0. The average molecular weight is 2060 g/mol. The van der Waals surface area contributed by atoms with E-state index in [0.717, 1.165) is 19.2 Å². The highest BCUT2D eigenvalue weighted by Crippen LogP contribution is 2.29. The number of carbonyl (C=O) groups is 10. The number of nitrogens with zero attached hydrogens (tertiary/aromatic N) is 3. The summed E-state index contributed by atoms with van der Waals surface area (Å²) < 4.78 is 59.3. The zero-order valence-corrected chi connectivity index (χ0v) is 101. The summed E-state index contributed by atoms with van der Waals surface area (Å²) in [6, 6.07) is 6.01. The van der Waals surface area contributed by atoms with Crippen LogP contribution in [0.2, 0.25) is 0 Å². The molecule has 9 amide bonds. The van der Waals surface area contributed by atoms with E-state index in [-0.39, 0.29) is 132 Å². The molecule has 0 aromatic rings. The van der Waals surface area contributed by atoms with Crippen LogP contribution in [0.3, 0.4) is 0 Å². The summed E-state index contributed by atoms with van der Waals surface area (Å²) >= 11 is 0. The lowest BCUT2D eigenvalue weighted by Crippen LogP contribution is -2.43. The molecule has 1 atom stereocenters. The highest BCUT2D eigenvalue weighted by atomic mass is 32.2. The van der Waals surface area contributed by atoms with Gasteiger partial charge in [0.15, 0.2) is 0 Å². The van der Waals surface area contributed by atoms with Crippen molar-refractivity contribution in [2.24, 2.45) is 75.8 Å². The van der Waals surface area contributed by atoms with Crippen LogP contribution in [0.4, 0.5) is 9.59 Å². The summed E-state index contributed by atoms with van der Waals surface area (Å²) in [7, 11) is -3.01. The Morgan fingerprint density at radius 2 is 0.730 bits per heavy atom. The molecule has 840 valence electrons. The number of nitrogens with one attached hydrogen (secondary N) is 10. The molecule has 0 rings (SSSR count). The van der Waals surface area contributed by atoms with Crippen LogP contribution >= 0.6 is 0 Å². The van der Waals surface area contributed by atoms with Gasteiger partial charge in [0.05, 0.1) is 67.7 Å². The lowest BCUT2D eigenvalue weighted by Gasteiger charge is -2.33. The first kappa shape index (κ1) is 164. The number of carboxylic acid groups (broad SMARTS) is 1. The Hall–Kier alpha value is -7.83. The maximum Gasteiger partial charge on any atom is 0.407 e. The summed E-state index contributed by atoms with van der Waals surface area (Å²) in [6.07, 6.45) is 6.45. The Labute approximate surface area is 860 Å². The molecule has 0 heterocycles. The maximum atomic E-state index is 11.3. The van der Waals surface area contributed by atoms with Crippen LogP contribution in [0.5, 0.6) is 0 Å². The van der Waals surface area contributed by atoms with Crippen LogP contribution in [0.1, 0.15) is 372 Å². The Balaban J connectivity index is -0.000000103. The van der Waals surface area contributed by atoms with Crippen LogP contribution in [-0.2, 0) is 72.4 Å². The predicted octanol–water partition coefficient (Wildman–Crippen LogP) is 16.7. The topological polar surface area (TPSA) is 559 Å². The molecule has 0 aromatic heterocycles. The van der Waals surface area contributed by atoms with Gasteiger partial charge >= 0.3 is 18.2 Å². The molecule has 0 saturated heterocycles. The van der Waals surface area contributed by atoms with Gasteiger partial charge in [0.2, 0.25) is 51.4 Å². The first-order valence-electron chi connectivity index (χ1n) is 47.6. The number of aliphatic hydroxyl groups excluding tert-OH is 2. The summed E-state index contributed by atoms with van der Waals surface area (Å²) in [4.78, 5) is 109. The number of amides is 9. The van der Waals surface area contributed by atoms with Crippen molar-refractivity contribution >= 4 is 79.4 Å². The van der Waals surface area contributed by atoms with E-state index >= 15 is 0 Å². The van der Waals surface area contributed by atoms with Gasteiger partial charge in [0, 0.05) is 131 Å². The zero-order chi connectivity index (χ0) is 117. The van der Waals surface area contributed by atoms with Crippen LogP contribution in [0.25, 0.3) is 0 Å². The fraction of sp³-hybridized carbons (Fsp3) is 0.856. The number of sulfonamides is 1. The molecule has 0 radical (unpaired) electrons. The molecule has 0 saturated carbocycles. The minimum absolute atomic E-state index is 0.00514. The van der Waals surface area contributed by atoms with Crippen molar-refractivity contribution in [1.82, 2.24) is 52.6 Å². The molecule has 0 spiro atoms. The lowest BCUT2D eigenvalue weighted by molar-refractivity contribution is -0.139. The molecule has 15 N–H and O–H groups in total. The zero-order valence-electron chi connectivity index (χ0n) is 99.4. The van der Waals surface area contributed by atoms with Gasteiger partial charge in [-0.15, -0.1) is 0 Å². The number of carbonyl (C=O) groups excluding carboxylic acids is 9. The third-order valence-electron chi connectivity index (χ3n) is 15.4. The molecule has 141 heavy (non-hydrogen) atoms. The van der Waals surface area contributed by atoms with Crippen molar-refractivity contribution in [3.63, 3.8) is 0 Å². The van der Waals surface area contributed by atoms with Gasteiger partial charge in [-0.2, -0.15) is 15.8 Å². The minimum atomic E-state index is -3.01. The number of aliphatic carboxylic acids is 1. The number of aliphatic hydroxyl groups is 4. The summed E-state index contributed by atoms with van der Waals surface area (Å²) in [5.74, 6) is -1.37. The van der Waals surface area contributed by atoms with Crippen LogP contribution < -0.4 is 52.6 Å². The number of rotatable bonds is 20. The van der Waals surface area contributed by atoms with Crippen LogP contribution in [0, 0.1) is 110 Å². The van der Waals surface area contributed by atoms with Crippen molar-refractivity contribution < 1.29 is 105 Å². The minimum Gasteiger partial charge on any atom is -0.480 e. The average Bonchev–Trinajstić information content (AvgIpc) is 0.866. The molecule has 0 aromatic carbocycles. The van der Waals surface area contributed by atoms with Gasteiger partial charge in [-0.1, -0.05) is 297 Å². The molecule has 0 fully saturated rings. The Morgan fingerprint density at radius 3 is 0.929 bits per heavy atom. The van der Waals surface area contributed by atoms with Crippen molar-refractivity contribution in [2.45, 2.75) is 395 Å². The molecular weight excluding hydrogens is 1850 g/mol. The summed E-state index contributed by atoms with van der Waals surface area (Å²) in [5.41, 5.74) is -3.13. The predicted molar refractivity (Wildman–Crippen MR) is 577 cm³/mol. The number of sulfone groups is 1. The van der Waals surface area contributed by atoms with Gasteiger partial charge in [-0.3, -0.25) is 38.4 Å². The molecule has 0 bridgehead atoms. The van der Waals surface area contributed by atoms with E-state index in [1.807, 2.05) is 198 Å². The summed E-state index contributed by atoms with van der Waals surface area (Å²) in [6.45, 7) is 103. The van der Waals surface area contributed by atoms with E-state index in [1.54, 1.807) is 69.4 Å². The lowest BCUT2D eigenvalue weighted by atomic mass is 9.79. The number of hydrogen-bond donors (Lipinski definition) is 15. The van der Waals surface area contributed by atoms with E-state index in [1.165, 1.54) is 26.4 Å². The van der Waals surface area contributed by atoms with E-state index in [9.17, 15) is 75.0 Å². The van der Waals surface area contributed by atoms with E-state index in [0.29, 0.717) is 77.3 Å². The fourth-order valence-corrected chi connectivity index (χ4v) is 6.96.